The van der Waals surface area contributed by atoms with Gasteiger partial charge in [-0.2, -0.15) is 11.8 Å². The Bertz CT molecular complexity index is 590. The van der Waals surface area contributed by atoms with Crippen molar-refractivity contribution in [2.24, 2.45) is 7.05 Å². The monoisotopic (exact) mass is 337 g/mol. The van der Waals surface area contributed by atoms with Crippen LogP contribution in [0.4, 0.5) is 0 Å². The highest BCUT2D eigenvalue weighted by molar-refractivity contribution is 7.99. The summed E-state index contributed by atoms with van der Waals surface area (Å²) in [6.45, 7) is 5.71. The van der Waals surface area contributed by atoms with Gasteiger partial charge in [-0.1, -0.05) is 6.42 Å². The zero-order valence-electron chi connectivity index (χ0n) is 14.0. The first-order valence-corrected chi connectivity index (χ1v) is 9.74. The van der Waals surface area contributed by atoms with Crippen LogP contribution >= 0.6 is 11.8 Å². The van der Waals surface area contributed by atoms with Crippen molar-refractivity contribution in [1.29, 1.82) is 0 Å². The molecule has 3 heterocycles. The number of nitrogens with zero attached hydrogens (tertiary/aromatic N) is 3. The molecule has 3 rings (SSSR count). The molecule has 0 saturated carbocycles. The molecule has 0 amide bonds. The Labute approximate surface area is 142 Å². The van der Waals surface area contributed by atoms with Crippen molar-refractivity contribution in [1.82, 2.24) is 14.4 Å². The van der Waals surface area contributed by atoms with Crippen LogP contribution in [0.2, 0.25) is 0 Å². The fraction of sp³-hybridized carbons (Fsp3) is 0.706. The predicted molar refractivity (Wildman–Crippen MR) is 95.1 cm³/mol. The molecule has 0 unspecified atom stereocenters. The Morgan fingerprint density at radius 1 is 1.04 bits per heavy atom. The molecule has 2 fully saturated rings. The maximum absolute atomic E-state index is 12.2. The zero-order chi connectivity index (χ0) is 16.2. The van der Waals surface area contributed by atoms with E-state index in [9.17, 15) is 9.90 Å². The molecule has 0 aliphatic carbocycles. The van der Waals surface area contributed by atoms with Gasteiger partial charge in [-0.05, 0) is 25.9 Å². The lowest BCUT2D eigenvalue weighted by Gasteiger charge is -2.30. The number of piperidine rings is 1. The van der Waals surface area contributed by atoms with E-state index in [0.717, 1.165) is 55.6 Å². The van der Waals surface area contributed by atoms with Gasteiger partial charge in [0.1, 0.15) is 0 Å². The molecule has 6 heteroatoms. The van der Waals surface area contributed by atoms with Crippen LogP contribution in [0.1, 0.15) is 30.7 Å². The number of aromatic nitrogens is 1. The summed E-state index contributed by atoms with van der Waals surface area (Å²) >= 11 is 1.99. The normalized spacial score (nSPS) is 20.7. The number of rotatable bonds is 4. The average Bonchev–Trinajstić information content (AvgIpc) is 2.58. The lowest BCUT2D eigenvalue weighted by molar-refractivity contribution is 0.211. The van der Waals surface area contributed by atoms with Crippen LogP contribution < -0.4 is 5.43 Å². The second kappa shape index (κ2) is 7.73. The summed E-state index contributed by atoms with van der Waals surface area (Å²) in [5, 5.41) is 10.3. The van der Waals surface area contributed by atoms with Gasteiger partial charge in [0.25, 0.3) is 0 Å². The largest absolute Gasteiger partial charge is 0.503 e. The second-order valence-electron chi connectivity index (χ2n) is 6.58. The van der Waals surface area contributed by atoms with Crippen LogP contribution in [0, 0.1) is 0 Å². The van der Waals surface area contributed by atoms with E-state index in [1.165, 1.54) is 19.3 Å². The molecule has 2 saturated heterocycles. The van der Waals surface area contributed by atoms with Crippen LogP contribution in [-0.2, 0) is 20.1 Å². The van der Waals surface area contributed by atoms with Crippen molar-refractivity contribution >= 4 is 11.8 Å². The van der Waals surface area contributed by atoms with Gasteiger partial charge >= 0.3 is 0 Å². The summed E-state index contributed by atoms with van der Waals surface area (Å²) in [5.41, 5.74) is 1.53. The third kappa shape index (κ3) is 4.11. The Kier molecular flexibility index (Phi) is 5.67. The van der Waals surface area contributed by atoms with Gasteiger partial charge in [0.05, 0.1) is 5.69 Å². The number of pyridine rings is 1. The van der Waals surface area contributed by atoms with Gasteiger partial charge in [-0.25, -0.2) is 0 Å². The van der Waals surface area contributed by atoms with E-state index in [1.54, 1.807) is 6.07 Å². The Balaban J connectivity index is 1.81. The highest BCUT2D eigenvalue weighted by Crippen LogP contribution is 2.20. The minimum absolute atomic E-state index is 0.0731. The van der Waals surface area contributed by atoms with Gasteiger partial charge in [0, 0.05) is 56.5 Å². The first-order valence-electron chi connectivity index (χ1n) is 8.58. The topological polar surface area (TPSA) is 48.7 Å². The van der Waals surface area contributed by atoms with Crippen molar-refractivity contribution in [2.75, 3.05) is 37.7 Å². The molecule has 128 valence electrons. The van der Waals surface area contributed by atoms with Gasteiger partial charge in [0.2, 0.25) is 5.43 Å². The summed E-state index contributed by atoms with van der Waals surface area (Å²) in [4.78, 5) is 16.9. The zero-order valence-corrected chi connectivity index (χ0v) is 14.8. The van der Waals surface area contributed by atoms with Crippen LogP contribution in [0.15, 0.2) is 10.9 Å². The molecule has 0 aromatic carbocycles. The summed E-state index contributed by atoms with van der Waals surface area (Å²) in [5.74, 6) is 2.25. The van der Waals surface area contributed by atoms with Crippen molar-refractivity contribution < 1.29 is 5.11 Å². The maximum atomic E-state index is 12.2. The third-order valence-electron chi connectivity index (χ3n) is 4.95. The van der Waals surface area contributed by atoms with Gasteiger partial charge in [-0.15, -0.1) is 0 Å². The molecule has 5 nitrogen and oxygen atoms in total. The molecule has 1 aromatic heterocycles. The second-order valence-corrected chi connectivity index (χ2v) is 7.80. The minimum atomic E-state index is -0.239. The lowest BCUT2D eigenvalue weighted by Crippen LogP contribution is -2.35. The summed E-state index contributed by atoms with van der Waals surface area (Å²) in [6, 6.07) is 1.61. The van der Waals surface area contributed by atoms with Gasteiger partial charge in [-0.3, -0.25) is 14.6 Å². The molecule has 23 heavy (non-hydrogen) atoms. The lowest BCUT2D eigenvalue weighted by atomic mass is 10.1. The Morgan fingerprint density at radius 2 is 1.70 bits per heavy atom. The van der Waals surface area contributed by atoms with Crippen molar-refractivity contribution in [3.63, 3.8) is 0 Å². The summed E-state index contributed by atoms with van der Waals surface area (Å²) in [6.07, 6.45) is 3.70. The number of hydrogen-bond acceptors (Lipinski definition) is 5. The smallest absolute Gasteiger partial charge is 0.223 e. The summed E-state index contributed by atoms with van der Waals surface area (Å²) in [7, 11) is 1.98. The molecular formula is C17H27N3O2S. The first-order chi connectivity index (χ1) is 11.1. The molecule has 0 bridgehead atoms. The molecule has 2 aliphatic heterocycles. The third-order valence-corrected chi connectivity index (χ3v) is 5.89. The van der Waals surface area contributed by atoms with E-state index in [4.69, 9.17) is 0 Å². The van der Waals surface area contributed by atoms with Crippen LogP contribution in [0.5, 0.6) is 5.75 Å². The van der Waals surface area contributed by atoms with Gasteiger partial charge in [0.15, 0.2) is 5.75 Å². The van der Waals surface area contributed by atoms with E-state index in [2.05, 4.69) is 9.80 Å². The van der Waals surface area contributed by atoms with Crippen molar-refractivity contribution in [2.45, 2.75) is 32.4 Å². The predicted octanol–water partition coefficient (Wildman–Crippen LogP) is 1.63. The number of thioether (sulfide) groups is 1. The molecule has 1 aromatic rings. The SMILES string of the molecule is Cn1c(CN2CCSCC2)cc(=O)c(O)c1CN1CCCCC1. The van der Waals surface area contributed by atoms with Crippen molar-refractivity contribution in [3.8, 4) is 5.75 Å². The van der Waals surface area contributed by atoms with Crippen molar-refractivity contribution in [3.05, 3.63) is 27.7 Å². The minimum Gasteiger partial charge on any atom is -0.503 e. The van der Waals surface area contributed by atoms with Gasteiger partial charge < -0.3 is 9.67 Å². The van der Waals surface area contributed by atoms with E-state index < -0.39 is 0 Å². The van der Waals surface area contributed by atoms with Crippen LogP contribution in [0.3, 0.4) is 0 Å². The quantitative estimate of drug-likeness (QED) is 0.905. The average molecular weight is 337 g/mol. The standard InChI is InChI=1S/C17H27N3O2S/c1-18-14(12-20-7-9-23-10-8-20)11-16(21)17(22)15(18)13-19-5-3-2-4-6-19/h11,22H,2-10,12-13H2,1H3. The maximum Gasteiger partial charge on any atom is 0.223 e. The van der Waals surface area contributed by atoms with E-state index >= 15 is 0 Å². The van der Waals surface area contributed by atoms with Crippen LogP contribution in [-0.4, -0.2) is 57.2 Å². The van der Waals surface area contributed by atoms with E-state index in [1.807, 2.05) is 23.4 Å². The number of hydrogen-bond donors (Lipinski definition) is 1. The fourth-order valence-electron chi connectivity index (χ4n) is 3.44. The first kappa shape index (κ1) is 16.9. The molecular weight excluding hydrogens is 310 g/mol. The Hall–Kier alpha value is -0.980. The molecule has 0 atom stereocenters. The molecule has 0 radical (unpaired) electrons. The summed E-state index contributed by atoms with van der Waals surface area (Å²) < 4.78 is 2.03. The van der Waals surface area contributed by atoms with E-state index in [-0.39, 0.29) is 11.2 Å². The molecule has 0 spiro atoms. The van der Waals surface area contributed by atoms with E-state index in [0.29, 0.717) is 6.54 Å². The molecule has 2 aliphatic rings. The highest BCUT2D eigenvalue weighted by Gasteiger charge is 2.19. The Morgan fingerprint density at radius 3 is 2.39 bits per heavy atom. The highest BCUT2D eigenvalue weighted by atomic mass is 32.2. The number of likely N-dealkylation sites (tertiary alicyclic amines) is 1. The fourth-order valence-corrected chi connectivity index (χ4v) is 4.42. The number of aromatic hydroxyl groups is 1. The van der Waals surface area contributed by atoms with Crippen LogP contribution in [0.25, 0.3) is 0 Å². The molecule has 1 N–H and O–H groups in total.